The smallest absolute Gasteiger partial charge is 0.323 e. The Morgan fingerprint density at radius 1 is 1.50 bits per heavy atom. The first kappa shape index (κ1) is 14.8. The molecule has 0 aliphatic carbocycles. The van der Waals surface area contributed by atoms with E-state index in [-0.39, 0.29) is 6.03 Å². The van der Waals surface area contributed by atoms with E-state index in [2.05, 4.69) is 10.3 Å². The molecule has 2 heterocycles. The zero-order chi connectivity index (χ0) is 14.5. The highest BCUT2D eigenvalue weighted by atomic mass is 16.5. The molecular formula is C15H23N3O2. The Labute approximate surface area is 120 Å². The third kappa shape index (κ3) is 3.93. The number of carbonyl (C=O) groups is 1. The lowest BCUT2D eigenvalue weighted by Crippen LogP contribution is -2.33. The summed E-state index contributed by atoms with van der Waals surface area (Å²) in [5.74, 6) is 1.08. The van der Waals surface area contributed by atoms with Gasteiger partial charge in [0.2, 0.25) is 0 Å². The minimum Gasteiger partial charge on any atom is -0.381 e. The van der Waals surface area contributed by atoms with Gasteiger partial charge in [0.15, 0.2) is 0 Å². The number of hydrogen-bond acceptors (Lipinski definition) is 3. The van der Waals surface area contributed by atoms with Gasteiger partial charge in [-0.2, -0.15) is 0 Å². The molecule has 2 amide bonds. The van der Waals surface area contributed by atoms with Crippen molar-refractivity contribution >= 4 is 11.8 Å². The summed E-state index contributed by atoms with van der Waals surface area (Å²) in [4.78, 5) is 18.4. The first-order valence-corrected chi connectivity index (χ1v) is 7.17. The van der Waals surface area contributed by atoms with Crippen molar-refractivity contribution in [2.24, 2.45) is 5.92 Å². The molecule has 1 saturated heterocycles. The van der Waals surface area contributed by atoms with Crippen molar-refractivity contribution in [3.63, 3.8) is 0 Å². The molecule has 1 fully saturated rings. The van der Waals surface area contributed by atoms with Crippen molar-refractivity contribution in [3.8, 4) is 0 Å². The van der Waals surface area contributed by atoms with Crippen molar-refractivity contribution < 1.29 is 9.53 Å². The van der Waals surface area contributed by atoms with Crippen LogP contribution in [0.4, 0.5) is 10.6 Å². The zero-order valence-corrected chi connectivity index (χ0v) is 12.5. The highest BCUT2D eigenvalue weighted by molar-refractivity contribution is 5.88. The molecule has 20 heavy (non-hydrogen) atoms. The van der Waals surface area contributed by atoms with Crippen LogP contribution in [0.5, 0.6) is 0 Å². The molecule has 0 saturated carbocycles. The fraction of sp³-hybridized carbons (Fsp3) is 0.600. The number of rotatable bonds is 4. The van der Waals surface area contributed by atoms with Crippen LogP contribution in [-0.4, -0.2) is 42.2 Å². The van der Waals surface area contributed by atoms with E-state index in [1.807, 2.05) is 37.8 Å². The number of hydrogen-bond donors (Lipinski definition) is 1. The van der Waals surface area contributed by atoms with Gasteiger partial charge >= 0.3 is 6.03 Å². The SMILES string of the molecule is CCOC[C@@H]1CCN(C(=O)Nc2cc(C)cc(C)n2)C1. The lowest BCUT2D eigenvalue weighted by atomic mass is 10.1. The Balaban J connectivity index is 1.89. The molecular weight excluding hydrogens is 254 g/mol. The van der Waals surface area contributed by atoms with Crippen LogP contribution in [0.3, 0.4) is 0 Å². The van der Waals surface area contributed by atoms with Crippen LogP contribution in [0.1, 0.15) is 24.6 Å². The molecule has 110 valence electrons. The fourth-order valence-electron chi connectivity index (χ4n) is 2.53. The maximum absolute atomic E-state index is 12.2. The first-order chi connectivity index (χ1) is 9.58. The summed E-state index contributed by atoms with van der Waals surface area (Å²) in [5, 5.41) is 2.88. The van der Waals surface area contributed by atoms with Gasteiger partial charge in [0.1, 0.15) is 5.82 Å². The average Bonchev–Trinajstić information content (AvgIpc) is 2.83. The lowest BCUT2D eigenvalue weighted by Gasteiger charge is -2.17. The van der Waals surface area contributed by atoms with Crippen LogP contribution in [0.25, 0.3) is 0 Å². The van der Waals surface area contributed by atoms with Gasteiger partial charge in [-0.25, -0.2) is 9.78 Å². The van der Waals surface area contributed by atoms with E-state index in [1.165, 1.54) is 0 Å². The summed E-state index contributed by atoms with van der Waals surface area (Å²) in [5.41, 5.74) is 2.01. The van der Waals surface area contributed by atoms with E-state index in [9.17, 15) is 4.79 Å². The number of pyridine rings is 1. The molecule has 1 aromatic heterocycles. The summed E-state index contributed by atoms with van der Waals surface area (Å²) in [6.45, 7) is 8.93. The third-order valence-electron chi connectivity index (χ3n) is 3.46. The molecule has 0 spiro atoms. The molecule has 1 aliphatic rings. The summed E-state index contributed by atoms with van der Waals surface area (Å²) < 4.78 is 5.42. The second-order valence-corrected chi connectivity index (χ2v) is 5.36. The molecule has 1 N–H and O–H groups in total. The second-order valence-electron chi connectivity index (χ2n) is 5.36. The molecule has 0 radical (unpaired) electrons. The lowest BCUT2D eigenvalue weighted by molar-refractivity contribution is 0.113. The molecule has 1 aromatic rings. The Hall–Kier alpha value is -1.62. The average molecular weight is 277 g/mol. The molecule has 2 rings (SSSR count). The number of likely N-dealkylation sites (tertiary alicyclic amines) is 1. The van der Waals surface area contributed by atoms with Crippen LogP contribution in [0.2, 0.25) is 0 Å². The molecule has 1 aliphatic heterocycles. The maximum atomic E-state index is 12.2. The maximum Gasteiger partial charge on any atom is 0.323 e. The molecule has 1 atom stereocenters. The predicted octanol–water partition coefficient (Wildman–Crippen LogP) is 2.59. The van der Waals surface area contributed by atoms with Gasteiger partial charge in [-0.3, -0.25) is 5.32 Å². The number of amides is 2. The van der Waals surface area contributed by atoms with Crippen LogP contribution >= 0.6 is 0 Å². The van der Waals surface area contributed by atoms with Gasteiger partial charge < -0.3 is 9.64 Å². The van der Waals surface area contributed by atoms with Gasteiger partial charge in [-0.1, -0.05) is 0 Å². The number of anilines is 1. The molecule has 0 aromatic carbocycles. The van der Waals surface area contributed by atoms with Crippen molar-refractivity contribution in [2.75, 3.05) is 31.6 Å². The van der Waals surface area contributed by atoms with Crippen LogP contribution < -0.4 is 5.32 Å². The van der Waals surface area contributed by atoms with Crippen molar-refractivity contribution in [3.05, 3.63) is 23.4 Å². The summed E-state index contributed by atoms with van der Waals surface area (Å²) >= 11 is 0. The molecule has 5 heteroatoms. The van der Waals surface area contributed by atoms with E-state index >= 15 is 0 Å². The second kappa shape index (κ2) is 6.70. The minimum atomic E-state index is -0.0681. The normalized spacial score (nSPS) is 18.4. The largest absolute Gasteiger partial charge is 0.381 e. The van der Waals surface area contributed by atoms with Gasteiger partial charge in [0, 0.05) is 31.3 Å². The summed E-state index contributed by atoms with van der Waals surface area (Å²) in [6.07, 6.45) is 1.01. The van der Waals surface area contributed by atoms with Crippen molar-refractivity contribution in [1.29, 1.82) is 0 Å². The highest BCUT2D eigenvalue weighted by Crippen LogP contribution is 2.18. The third-order valence-corrected chi connectivity index (χ3v) is 3.46. The Morgan fingerprint density at radius 2 is 2.30 bits per heavy atom. The van der Waals surface area contributed by atoms with Gasteiger partial charge in [-0.05, 0) is 44.9 Å². The van der Waals surface area contributed by atoms with Crippen molar-refractivity contribution in [1.82, 2.24) is 9.88 Å². The zero-order valence-electron chi connectivity index (χ0n) is 12.5. The quantitative estimate of drug-likeness (QED) is 0.920. The number of aromatic nitrogens is 1. The van der Waals surface area contributed by atoms with E-state index < -0.39 is 0 Å². The Bertz CT molecular complexity index is 456. The number of nitrogens with one attached hydrogen (secondary N) is 1. The standard InChI is InChI=1S/C15H23N3O2/c1-4-20-10-13-5-6-18(9-13)15(19)17-14-8-11(2)7-12(3)16-14/h7-8,13H,4-6,9-10H2,1-3H3,(H,16,17,19)/t13-/m1/s1. The Morgan fingerprint density at radius 3 is 3.00 bits per heavy atom. The van der Waals surface area contributed by atoms with Crippen LogP contribution in [-0.2, 0) is 4.74 Å². The number of aryl methyl sites for hydroxylation is 2. The number of ether oxygens (including phenoxy) is 1. The fourth-order valence-corrected chi connectivity index (χ4v) is 2.53. The number of urea groups is 1. The summed E-state index contributed by atoms with van der Waals surface area (Å²) in [7, 11) is 0. The van der Waals surface area contributed by atoms with Gasteiger partial charge in [0.25, 0.3) is 0 Å². The van der Waals surface area contributed by atoms with Gasteiger partial charge in [0.05, 0.1) is 6.61 Å². The topological polar surface area (TPSA) is 54.5 Å². The number of carbonyl (C=O) groups excluding carboxylic acids is 1. The van der Waals surface area contributed by atoms with E-state index in [0.717, 1.165) is 44.0 Å². The minimum absolute atomic E-state index is 0.0681. The first-order valence-electron chi connectivity index (χ1n) is 7.17. The van der Waals surface area contributed by atoms with Gasteiger partial charge in [-0.15, -0.1) is 0 Å². The summed E-state index contributed by atoms with van der Waals surface area (Å²) in [6, 6.07) is 3.81. The molecule has 0 bridgehead atoms. The predicted molar refractivity (Wildman–Crippen MR) is 78.9 cm³/mol. The molecule has 5 nitrogen and oxygen atoms in total. The van der Waals surface area contributed by atoms with Crippen LogP contribution in [0.15, 0.2) is 12.1 Å². The van der Waals surface area contributed by atoms with Crippen molar-refractivity contribution in [2.45, 2.75) is 27.2 Å². The highest BCUT2D eigenvalue weighted by Gasteiger charge is 2.26. The van der Waals surface area contributed by atoms with E-state index in [0.29, 0.717) is 11.7 Å². The van der Waals surface area contributed by atoms with Crippen LogP contribution in [0, 0.1) is 19.8 Å². The van der Waals surface area contributed by atoms with E-state index in [4.69, 9.17) is 4.74 Å². The number of nitrogens with zero attached hydrogens (tertiary/aromatic N) is 2. The molecule has 0 unspecified atom stereocenters. The van der Waals surface area contributed by atoms with E-state index in [1.54, 1.807) is 0 Å². The Kier molecular flexibility index (Phi) is 4.95. The monoisotopic (exact) mass is 277 g/mol.